The zero-order valence-electron chi connectivity index (χ0n) is 9.54. The molecule has 5 heteroatoms. The SMILES string of the molecule is CC(C)CC(=O)c1ccc(OC(F)F)c(Br)c1. The predicted molar refractivity (Wildman–Crippen MR) is 64.6 cm³/mol. The van der Waals surface area contributed by atoms with Gasteiger partial charge in [-0.1, -0.05) is 13.8 Å². The van der Waals surface area contributed by atoms with Crippen LogP contribution in [0.1, 0.15) is 30.6 Å². The lowest BCUT2D eigenvalue weighted by Gasteiger charge is -2.09. The molecule has 1 aromatic rings. The standard InChI is InChI=1S/C12H13BrF2O2/c1-7(2)5-10(16)8-3-4-11(9(13)6-8)17-12(14)15/h3-4,6-7,12H,5H2,1-2H3. The second kappa shape index (κ2) is 6.10. The third-order valence-electron chi connectivity index (χ3n) is 2.06. The van der Waals surface area contributed by atoms with Crippen molar-refractivity contribution in [2.45, 2.75) is 26.9 Å². The third kappa shape index (κ3) is 4.42. The van der Waals surface area contributed by atoms with E-state index >= 15 is 0 Å². The van der Waals surface area contributed by atoms with Gasteiger partial charge in [0.1, 0.15) is 5.75 Å². The van der Waals surface area contributed by atoms with Crippen LogP contribution in [-0.2, 0) is 0 Å². The van der Waals surface area contributed by atoms with Crippen LogP contribution >= 0.6 is 15.9 Å². The molecule has 17 heavy (non-hydrogen) atoms. The van der Waals surface area contributed by atoms with E-state index in [-0.39, 0.29) is 17.5 Å². The van der Waals surface area contributed by atoms with E-state index in [1.54, 1.807) is 0 Å². The van der Waals surface area contributed by atoms with E-state index in [0.717, 1.165) is 0 Å². The molecule has 1 rings (SSSR count). The first-order valence-electron chi connectivity index (χ1n) is 5.17. The van der Waals surface area contributed by atoms with Crippen LogP contribution in [0, 0.1) is 5.92 Å². The third-order valence-corrected chi connectivity index (χ3v) is 2.68. The monoisotopic (exact) mass is 306 g/mol. The van der Waals surface area contributed by atoms with Gasteiger partial charge in [-0.3, -0.25) is 4.79 Å². The minimum Gasteiger partial charge on any atom is -0.434 e. The highest BCUT2D eigenvalue weighted by Gasteiger charge is 2.13. The highest BCUT2D eigenvalue weighted by Crippen LogP contribution is 2.28. The van der Waals surface area contributed by atoms with Crippen molar-refractivity contribution in [2.75, 3.05) is 0 Å². The molecule has 0 spiro atoms. The van der Waals surface area contributed by atoms with Gasteiger partial charge in [0.15, 0.2) is 5.78 Å². The zero-order valence-corrected chi connectivity index (χ0v) is 11.1. The Labute approximate surface area is 107 Å². The molecule has 0 saturated carbocycles. The Balaban J connectivity index is 2.85. The second-order valence-electron chi connectivity index (χ2n) is 4.04. The largest absolute Gasteiger partial charge is 0.434 e. The highest BCUT2D eigenvalue weighted by molar-refractivity contribution is 9.10. The van der Waals surface area contributed by atoms with Gasteiger partial charge in [-0.05, 0) is 40.0 Å². The molecule has 0 aromatic heterocycles. The molecule has 0 heterocycles. The maximum atomic E-state index is 12.0. The molecule has 0 radical (unpaired) electrons. The second-order valence-corrected chi connectivity index (χ2v) is 4.90. The average molecular weight is 307 g/mol. The average Bonchev–Trinajstić information content (AvgIpc) is 2.19. The maximum absolute atomic E-state index is 12.0. The van der Waals surface area contributed by atoms with Crippen LogP contribution < -0.4 is 4.74 Å². The fraction of sp³-hybridized carbons (Fsp3) is 0.417. The van der Waals surface area contributed by atoms with Gasteiger partial charge in [0, 0.05) is 12.0 Å². The van der Waals surface area contributed by atoms with E-state index in [1.165, 1.54) is 18.2 Å². The molecular formula is C12H13BrF2O2. The Kier molecular flexibility index (Phi) is 5.05. The number of ether oxygens (including phenoxy) is 1. The van der Waals surface area contributed by atoms with Crippen LogP contribution in [0.3, 0.4) is 0 Å². The highest BCUT2D eigenvalue weighted by atomic mass is 79.9. The number of carbonyl (C=O) groups is 1. The van der Waals surface area contributed by atoms with Crippen molar-refractivity contribution >= 4 is 21.7 Å². The van der Waals surface area contributed by atoms with Gasteiger partial charge in [0.05, 0.1) is 4.47 Å². The number of hydrogen-bond donors (Lipinski definition) is 0. The van der Waals surface area contributed by atoms with Crippen molar-refractivity contribution in [1.29, 1.82) is 0 Å². The number of benzene rings is 1. The molecule has 0 N–H and O–H groups in total. The molecule has 94 valence electrons. The van der Waals surface area contributed by atoms with E-state index in [2.05, 4.69) is 20.7 Å². The molecule has 0 aliphatic carbocycles. The molecule has 0 saturated heterocycles. The van der Waals surface area contributed by atoms with Crippen LogP contribution in [0.2, 0.25) is 0 Å². The minimum atomic E-state index is -2.87. The molecule has 0 bridgehead atoms. The van der Waals surface area contributed by atoms with E-state index in [0.29, 0.717) is 16.5 Å². The Hall–Kier alpha value is -0.970. The number of carbonyl (C=O) groups excluding carboxylic acids is 1. The fourth-order valence-corrected chi connectivity index (χ4v) is 1.83. The van der Waals surface area contributed by atoms with Gasteiger partial charge in [0.2, 0.25) is 0 Å². The topological polar surface area (TPSA) is 26.3 Å². The molecule has 0 fully saturated rings. The van der Waals surface area contributed by atoms with Crippen molar-refractivity contribution in [3.63, 3.8) is 0 Å². The first kappa shape index (κ1) is 14.1. The number of alkyl halides is 2. The van der Waals surface area contributed by atoms with Crippen LogP contribution in [0.4, 0.5) is 8.78 Å². The number of Topliss-reactive ketones (excluding diaryl/α,β-unsaturated/α-hetero) is 1. The molecular weight excluding hydrogens is 294 g/mol. The minimum absolute atomic E-state index is 0.00991. The van der Waals surface area contributed by atoms with Crippen LogP contribution in [0.15, 0.2) is 22.7 Å². The summed E-state index contributed by atoms with van der Waals surface area (Å²) in [6.45, 7) is 1.02. The summed E-state index contributed by atoms with van der Waals surface area (Å²) in [4.78, 5) is 11.7. The Morgan fingerprint density at radius 1 is 1.41 bits per heavy atom. The van der Waals surface area contributed by atoms with E-state index in [4.69, 9.17) is 0 Å². The molecule has 0 unspecified atom stereocenters. The predicted octanol–water partition coefficient (Wildman–Crippen LogP) is 4.28. The first-order valence-corrected chi connectivity index (χ1v) is 5.97. The molecule has 2 nitrogen and oxygen atoms in total. The number of ketones is 1. The summed E-state index contributed by atoms with van der Waals surface area (Å²) < 4.78 is 28.7. The summed E-state index contributed by atoms with van der Waals surface area (Å²) in [5, 5.41) is 0. The van der Waals surface area contributed by atoms with Crippen LogP contribution in [0.5, 0.6) is 5.75 Å². The Bertz CT molecular complexity index is 405. The Morgan fingerprint density at radius 2 is 2.06 bits per heavy atom. The Morgan fingerprint density at radius 3 is 2.53 bits per heavy atom. The number of halogens is 3. The van der Waals surface area contributed by atoms with Gasteiger partial charge in [-0.2, -0.15) is 8.78 Å². The lowest BCUT2D eigenvalue weighted by Crippen LogP contribution is -2.05. The van der Waals surface area contributed by atoms with Gasteiger partial charge in [-0.15, -0.1) is 0 Å². The summed E-state index contributed by atoms with van der Waals surface area (Å²) in [5.41, 5.74) is 0.493. The number of rotatable bonds is 5. The maximum Gasteiger partial charge on any atom is 0.387 e. The van der Waals surface area contributed by atoms with E-state index in [9.17, 15) is 13.6 Å². The van der Waals surface area contributed by atoms with Crippen molar-refractivity contribution in [1.82, 2.24) is 0 Å². The molecule has 1 aromatic carbocycles. The number of hydrogen-bond acceptors (Lipinski definition) is 2. The summed E-state index contributed by atoms with van der Waals surface area (Å²) in [6.07, 6.45) is 0.432. The lowest BCUT2D eigenvalue weighted by molar-refractivity contribution is -0.0503. The lowest BCUT2D eigenvalue weighted by atomic mass is 10.0. The summed E-state index contributed by atoms with van der Waals surface area (Å²) in [6, 6.07) is 4.36. The normalized spacial score (nSPS) is 11.0. The van der Waals surface area contributed by atoms with Gasteiger partial charge >= 0.3 is 6.61 Å². The van der Waals surface area contributed by atoms with E-state index in [1.807, 2.05) is 13.8 Å². The molecule has 0 aliphatic heterocycles. The van der Waals surface area contributed by atoms with Crippen molar-refractivity contribution in [2.24, 2.45) is 5.92 Å². The van der Waals surface area contributed by atoms with E-state index < -0.39 is 6.61 Å². The summed E-state index contributed by atoms with van der Waals surface area (Å²) in [5.74, 6) is 0.281. The molecule has 0 atom stereocenters. The zero-order chi connectivity index (χ0) is 13.0. The summed E-state index contributed by atoms with van der Waals surface area (Å²) in [7, 11) is 0. The van der Waals surface area contributed by atoms with Crippen molar-refractivity contribution < 1.29 is 18.3 Å². The molecule has 0 amide bonds. The van der Waals surface area contributed by atoms with Crippen molar-refractivity contribution in [3.05, 3.63) is 28.2 Å². The first-order chi connectivity index (χ1) is 7.90. The van der Waals surface area contributed by atoms with Gasteiger partial charge < -0.3 is 4.74 Å². The smallest absolute Gasteiger partial charge is 0.387 e. The van der Waals surface area contributed by atoms with Crippen LogP contribution in [-0.4, -0.2) is 12.4 Å². The quantitative estimate of drug-likeness (QED) is 0.759. The summed E-state index contributed by atoms with van der Waals surface area (Å²) >= 11 is 3.10. The fourth-order valence-electron chi connectivity index (χ4n) is 1.35. The van der Waals surface area contributed by atoms with Crippen LogP contribution in [0.25, 0.3) is 0 Å². The molecule has 0 aliphatic rings. The van der Waals surface area contributed by atoms with Crippen molar-refractivity contribution in [3.8, 4) is 5.75 Å². The van der Waals surface area contributed by atoms with Gasteiger partial charge in [0.25, 0.3) is 0 Å². The van der Waals surface area contributed by atoms with Gasteiger partial charge in [-0.25, -0.2) is 0 Å².